The summed E-state index contributed by atoms with van der Waals surface area (Å²) in [4.78, 5) is 80.3. The lowest BCUT2D eigenvalue weighted by Gasteiger charge is -2.09. The molecular formula is C86H91N39O2S. The molecule has 0 radical (unpaired) electrons. The van der Waals surface area contributed by atoms with E-state index in [0.717, 1.165) is 202 Å². The molecular weight excluding hydrogens is 1640 g/mol. The molecule has 41 nitrogen and oxygen atoms in total. The van der Waals surface area contributed by atoms with Gasteiger partial charge in [-0.05, 0) is 140 Å². The molecule has 0 aliphatic heterocycles. The lowest BCUT2D eigenvalue weighted by Crippen LogP contribution is -2.07. The second-order valence-electron chi connectivity index (χ2n) is 30.7. The van der Waals surface area contributed by atoms with Crippen LogP contribution in [0, 0.1) is 76.2 Å². The Hall–Kier alpha value is -16.8. The van der Waals surface area contributed by atoms with Gasteiger partial charge in [0.1, 0.15) is 28.1 Å². The minimum atomic E-state index is -0.226. The number of pyridine rings is 4. The molecule has 20 aromatic rings. The summed E-state index contributed by atoms with van der Waals surface area (Å²) in [6.45, 7) is 21.8. The third-order valence-electron chi connectivity index (χ3n) is 20.9. The molecule has 0 aliphatic carbocycles. The van der Waals surface area contributed by atoms with Crippen molar-refractivity contribution in [2.45, 2.75) is 76.2 Å². The van der Waals surface area contributed by atoms with Gasteiger partial charge in [0.05, 0.1) is 127 Å². The average molecular weight is 1740 g/mol. The third kappa shape index (κ3) is 17.4. The summed E-state index contributed by atoms with van der Waals surface area (Å²) >= 11 is 1.42. The second kappa shape index (κ2) is 34.8. The molecule has 20 heterocycles. The fourth-order valence-corrected chi connectivity index (χ4v) is 15.4. The molecule has 20 aromatic heterocycles. The van der Waals surface area contributed by atoms with Crippen molar-refractivity contribution in [3.05, 3.63) is 214 Å². The largest absolute Gasteiger partial charge is 0.478 e. The van der Waals surface area contributed by atoms with Crippen LogP contribution in [0.1, 0.15) is 62.1 Å². The van der Waals surface area contributed by atoms with Crippen molar-refractivity contribution in [2.75, 3.05) is 49.6 Å². The van der Waals surface area contributed by atoms with Crippen LogP contribution in [0.2, 0.25) is 0 Å². The molecule has 0 saturated heterocycles. The number of aryl methyl sites for hydroxylation is 17. The summed E-state index contributed by atoms with van der Waals surface area (Å²) in [7, 11) is 12.7. The van der Waals surface area contributed by atoms with Crippen LogP contribution >= 0.6 is 11.5 Å². The van der Waals surface area contributed by atoms with Gasteiger partial charge in [0.15, 0.2) is 17.5 Å². The highest BCUT2D eigenvalue weighted by Crippen LogP contribution is 2.40. The first-order valence-corrected chi connectivity index (χ1v) is 41.2. The number of fused-ring (bicyclic) bond motifs is 4. The number of H-pyrrole nitrogens is 6. The number of ether oxygens (including phenoxy) is 1. The summed E-state index contributed by atoms with van der Waals surface area (Å²) in [6.07, 6.45) is 31.2. The standard InChI is InChI=1S/C23H25N9.C21H23N11.C21H22N10O2.C21H21N9S/c1-12-9-26-23(29-19-11-32(5)31-15(19)4)30-20(12)17-10-25-21-16(17)6-7-24-22(21)28-18-8-13(2)27-14(18)3;1-11-8-23-21(25-16-10-32(5)30-13(16)3)26-17(11)20-19-18(27-28-20)14(6-7-22-19)24-15-9-31(4)29-12(15)2;1-11-7-24-21(26-15-10-31(3)29-20(15)33-4)27-16(11)13-8-23-17-12(13)5-6-22-18(17)25-14-9-30(2)28-19(14)32;1-11-7-24-21(26-16-9-30(4)28-12(16)2)27-18(11)15-8-23-19-14(15)5-6-22-20(19)25-17-10-31-29-13(17)3/h6-11,25,27H,1-5H3,(H,24,28)(H,26,29,30);6-10H,1-5H3,(H,22,24)(H,27,28)(H,23,25,26);5-10,23H,1-4H3,(H,22,25)(H,28,32)(H,24,26,27);5-10,23H,1-4H3,(H,22,25)(H,24,26,27). The summed E-state index contributed by atoms with van der Waals surface area (Å²) in [5, 5.41) is 63.3. The second-order valence-corrected chi connectivity index (χ2v) is 31.4. The van der Waals surface area contributed by atoms with Crippen LogP contribution in [-0.4, -0.2) is 160 Å². The van der Waals surface area contributed by atoms with Gasteiger partial charge >= 0.3 is 0 Å². The summed E-state index contributed by atoms with van der Waals surface area (Å²) in [5.41, 5.74) is 28.5. The number of rotatable bonds is 21. The zero-order valence-electron chi connectivity index (χ0n) is 73.2. The minimum absolute atomic E-state index is 0.226. The first-order chi connectivity index (χ1) is 61.7. The Bertz CT molecular complexity index is 7350. The zero-order chi connectivity index (χ0) is 89.5. The number of aromatic amines is 6. The number of methoxy groups -OCH3 is 1. The van der Waals surface area contributed by atoms with Crippen LogP contribution in [0.4, 0.5) is 92.4 Å². The predicted molar refractivity (Wildman–Crippen MR) is 496 cm³/mol. The van der Waals surface area contributed by atoms with E-state index in [1.165, 1.54) is 11.5 Å². The lowest BCUT2D eigenvalue weighted by molar-refractivity contribution is 0.393. The van der Waals surface area contributed by atoms with Crippen LogP contribution in [0.5, 0.6) is 5.88 Å². The number of anilines is 16. The number of nitrogens with zero attached hydrogens (tertiary/aromatic N) is 25. The molecule has 0 aromatic carbocycles. The Balaban J connectivity index is 0.000000120. The van der Waals surface area contributed by atoms with Gasteiger partial charge in [0.2, 0.25) is 23.8 Å². The smallest absolute Gasteiger partial charge is 0.287 e. The highest BCUT2D eigenvalue weighted by atomic mass is 32.1. The SMILES string of the molecule is COc1nn(C)cc1Nc1ncc(C)c(-c2c[nH]c3c(Nc4cn(C)[nH]c4=O)nccc23)n1.Cc1cc(Nc2nccc3c(-c4nc(Nc5cn(C)nc5C)ncc4C)c[nH]c23)c(C)[nH]1.Cc1cnc(Nc2cn(C)nc2C)nc1-c1[nH]nc2c(Nc3cn(C)nc3C)ccnc12.Cc1cnc(Nc2cn(C)nc2C)nc1-c1c[nH]c2c(Nc3csnc3C)nccc12. The maximum Gasteiger partial charge on any atom is 0.287 e. The van der Waals surface area contributed by atoms with Crippen LogP contribution < -0.4 is 52.8 Å². The number of aromatic nitrogens is 31. The molecule has 0 unspecified atom stereocenters. The van der Waals surface area contributed by atoms with Gasteiger partial charge < -0.3 is 67.2 Å². The number of hydrogen-bond acceptors (Lipinski definition) is 30. The average Bonchev–Trinajstić information content (AvgIpc) is 1.66. The Labute approximate surface area is 734 Å². The minimum Gasteiger partial charge on any atom is -0.478 e. The first-order valence-electron chi connectivity index (χ1n) is 40.3. The van der Waals surface area contributed by atoms with Crippen LogP contribution in [-0.2, 0) is 42.3 Å². The van der Waals surface area contributed by atoms with Crippen LogP contribution in [0.15, 0.2) is 146 Å². The fourth-order valence-electron chi connectivity index (χ4n) is 14.8. The third-order valence-corrected chi connectivity index (χ3v) is 21.7. The van der Waals surface area contributed by atoms with Crippen molar-refractivity contribution in [3.63, 3.8) is 0 Å². The molecule has 0 spiro atoms. The van der Waals surface area contributed by atoms with E-state index in [1.54, 1.807) is 85.6 Å². The first kappa shape index (κ1) is 83.4. The van der Waals surface area contributed by atoms with E-state index in [9.17, 15) is 4.79 Å². The van der Waals surface area contributed by atoms with Gasteiger partial charge in [0.25, 0.3) is 11.4 Å². The molecule has 648 valence electrons. The van der Waals surface area contributed by atoms with Gasteiger partial charge in [-0.3, -0.25) is 48.1 Å². The Kier molecular flexibility index (Phi) is 22.7. The molecule has 14 N–H and O–H groups in total. The van der Waals surface area contributed by atoms with Crippen molar-refractivity contribution < 1.29 is 4.74 Å². The maximum absolute atomic E-state index is 12.1. The normalized spacial score (nSPS) is 11.2. The van der Waals surface area contributed by atoms with Gasteiger partial charge in [-0.1, -0.05) is 0 Å². The number of nitrogens with one attached hydrogen (secondary N) is 14. The monoisotopic (exact) mass is 1730 g/mol. The Morgan fingerprint density at radius 2 is 0.789 bits per heavy atom. The molecule has 0 saturated carbocycles. The highest BCUT2D eigenvalue weighted by Gasteiger charge is 2.24. The van der Waals surface area contributed by atoms with Crippen LogP contribution in [0.25, 0.3) is 88.9 Å². The zero-order valence-corrected chi connectivity index (χ0v) is 74.0. The van der Waals surface area contributed by atoms with E-state index >= 15 is 0 Å². The van der Waals surface area contributed by atoms with Crippen molar-refractivity contribution >= 4 is 148 Å². The molecule has 20 rings (SSSR count). The van der Waals surface area contributed by atoms with E-state index in [0.29, 0.717) is 46.9 Å². The molecule has 0 fully saturated rings. The summed E-state index contributed by atoms with van der Waals surface area (Å²) in [6, 6.07) is 9.86. The fraction of sp³-hybridized carbons (Fsp3) is 0.209. The Morgan fingerprint density at radius 1 is 0.391 bits per heavy atom. The number of hydrogen-bond donors (Lipinski definition) is 14. The van der Waals surface area contributed by atoms with E-state index in [4.69, 9.17) is 24.7 Å². The topological polar surface area (TPSA) is 492 Å². The van der Waals surface area contributed by atoms with E-state index in [2.05, 4.69) is 154 Å². The van der Waals surface area contributed by atoms with Crippen molar-refractivity contribution in [1.82, 2.24) is 153 Å². The van der Waals surface area contributed by atoms with Crippen molar-refractivity contribution in [1.29, 1.82) is 0 Å². The van der Waals surface area contributed by atoms with Crippen molar-refractivity contribution in [2.24, 2.45) is 42.3 Å². The van der Waals surface area contributed by atoms with Gasteiger partial charge in [-0.2, -0.15) is 29.9 Å². The van der Waals surface area contributed by atoms with Gasteiger partial charge in [-0.25, -0.2) is 54.8 Å². The quantitative estimate of drug-likeness (QED) is 0.0318. The van der Waals surface area contributed by atoms with E-state index < -0.39 is 0 Å². The molecule has 0 bridgehead atoms. The molecule has 0 aliphatic rings. The molecule has 0 amide bonds. The molecule has 0 atom stereocenters. The Morgan fingerprint density at radius 3 is 1.19 bits per heavy atom. The summed E-state index contributed by atoms with van der Waals surface area (Å²) < 4.78 is 19.9. The van der Waals surface area contributed by atoms with Gasteiger partial charge in [-0.15, -0.1) is 5.10 Å². The highest BCUT2D eigenvalue weighted by molar-refractivity contribution is 7.04. The van der Waals surface area contributed by atoms with Crippen molar-refractivity contribution in [3.8, 4) is 51.0 Å². The van der Waals surface area contributed by atoms with Crippen LogP contribution in [0.3, 0.4) is 0 Å². The predicted octanol–water partition coefficient (Wildman–Crippen LogP) is 15.3. The lowest BCUT2D eigenvalue weighted by atomic mass is 10.1. The molecule has 42 heteroatoms. The van der Waals surface area contributed by atoms with E-state index in [-0.39, 0.29) is 5.56 Å². The summed E-state index contributed by atoms with van der Waals surface area (Å²) in [5.74, 6) is 4.47. The maximum atomic E-state index is 12.1. The van der Waals surface area contributed by atoms with Gasteiger partial charge in [0, 0.05) is 185 Å². The van der Waals surface area contributed by atoms with E-state index in [1.807, 2.05) is 203 Å². The molecule has 128 heavy (non-hydrogen) atoms.